The molecule has 0 aromatic heterocycles. The fraction of sp³-hybridized carbons (Fsp3) is 0.857. The van der Waals surface area contributed by atoms with Crippen LogP contribution in [0.1, 0.15) is 0 Å². The molecule has 0 saturated carbocycles. The Kier molecular flexibility index (Phi) is 3.76. The van der Waals surface area contributed by atoms with Crippen molar-refractivity contribution < 1.29 is 29.6 Å². The molecule has 1 rings (SSSR count). The van der Waals surface area contributed by atoms with Gasteiger partial charge < -0.3 is 29.6 Å². The number of aldehydes is 1. The van der Waals surface area contributed by atoms with Crippen LogP contribution in [0.15, 0.2) is 0 Å². The minimum absolute atomic E-state index is 0.0999. The Labute approximate surface area is 74.7 Å². The molecule has 1 fully saturated rings. The maximum atomic E-state index is 10.2. The van der Waals surface area contributed by atoms with Crippen molar-refractivity contribution in [3.8, 4) is 0 Å². The van der Waals surface area contributed by atoms with E-state index in [-0.39, 0.29) is 6.79 Å². The molecule has 0 bridgehead atoms. The van der Waals surface area contributed by atoms with Crippen molar-refractivity contribution in [3.05, 3.63) is 0 Å². The van der Waals surface area contributed by atoms with Gasteiger partial charge in [-0.05, 0) is 0 Å². The molecule has 6 heteroatoms. The molecular weight excluding hydrogens is 180 g/mol. The van der Waals surface area contributed by atoms with Gasteiger partial charge in [-0.3, -0.25) is 0 Å². The van der Waals surface area contributed by atoms with Crippen LogP contribution in [0.2, 0.25) is 0 Å². The molecule has 0 spiro atoms. The lowest BCUT2D eigenvalue weighted by atomic mass is 10.0. The second kappa shape index (κ2) is 4.64. The van der Waals surface area contributed by atoms with Crippen LogP contribution < -0.4 is 0 Å². The van der Waals surface area contributed by atoms with Gasteiger partial charge in [0, 0.05) is 0 Å². The molecule has 1 aliphatic heterocycles. The van der Waals surface area contributed by atoms with E-state index in [1.165, 1.54) is 0 Å². The summed E-state index contributed by atoms with van der Waals surface area (Å²) in [5.41, 5.74) is 0. The molecule has 76 valence electrons. The molecule has 4 atom stereocenters. The van der Waals surface area contributed by atoms with E-state index in [2.05, 4.69) is 0 Å². The van der Waals surface area contributed by atoms with Crippen molar-refractivity contribution in [2.45, 2.75) is 24.4 Å². The maximum absolute atomic E-state index is 10.2. The van der Waals surface area contributed by atoms with Crippen molar-refractivity contribution in [2.24, 2.45) is 0 Å². The van der Waals surface area contributed by atoms with Gasteiger partial charge in [0.05, 0.1) is 6.61 Å². The van der Waals surface area contributed by atoms with Gasteiger partial charge >= 0.3 is 0 Å². The maximum Gasteiger partial charge on any atom is 0.151 e. The Bertz CT molecular complexity index is 172. The van der Waals surface area contributed by atoms with Crippen LogP contribution in [0.3, 0.4) is 0 Å². The average Bonchev–Trinajstić information content (AvgIpc) is 2.63. The first-order chi connectivity index (χ1) is 6.20. The molecule has 0 aliphatic carbocycles. The van der Waals surface area contributed by atoms with Gasteiger partial charge in [-0.2, -0.15) is 0 Å². The first kappa shape index (κ1) is 10.6. The van der Waals surface area contributed by atoms with E-state index >= 15 is 0 Å². The van der Waals surface area contributed by atoms with E-state index in [4.69, 9.17) is 19.7 Å². The molecule has 1 saturated heterocycles. The third kappa shape index (κ3) is 2.23. The standard InChI is InChI=1S/C7H12O6/c8-1-4(10)6-7(5(11)2-9)13-3-12-6/h1,4-7,9-11H,2-3H2. The zero-order valence-electron chi connectivity index (χ0n) is 6.87. The lowest BCUT2D eigenvalue weighted by Crippen LogP contribution is -2.44. The van der Waals surface area contributed by atoms with Gasteiger partial charge in [0.2, 0.25) is 0 Å². The highest BCUT2D eigenvalue weighted by atomic mass is 16.7. The van der Waals surface area contributed by atoms with Crippen LogP contribution in [0.25, 0.3) is 0 Å². The number of rotatable bonds is 4. The Morgan fingerprint density at radius 1 is 1.38 bits per heavy atom. The molecule has 3 N–H and O–H groups in total. The molecule has 0 aromatic rings. The number of ether oxygens (including phenoxy) is 2. The Morgan fingerprint density at radius 3 is 2.54 bits per heavy atom. The van der Waals surface area contributed by atoms with E-state index in [1.54, 1.807) is 0 Å². The minimum Gasteiger partial charge on any atom is -0.394 e. The highest BCUT2D eigenvalue weighted by molar-refractivity contribution is 5.56. The van der Waals surface area contributed by atoms with E-state index in [0.717, 1.165) is 0 Å². The second-order valence-electron chi connectivity index (χ2n) is 2.76. The zero-order valence-corrected chi connectivity index (χ0v) is 6.87. The van der Waals surface area contributed by atoms with E-state index < -0.39 is 31.0 Å². The summed E-state index contributed by atoms with van der Waals surface area (Å²) in [7, 11) is 0. The summed E-state index contributed by atoms with van der Waals surface area (Å²) in [6.45, 7) is -0.604. The van der Waals surface area contributed by atoms with Crippen LogP contribution >= 0.6 is 0 Å². The monoisotopic (exact) mass is 192 g/mol. The van der Waals surface area contributed by atoms with Crippen LogP contribution in [0, 0.1) is 0 Å². The predicted molar refractivity (Wildman–Crippen MR) is 39.8 cm³/mol. The lowest BCUT2D eigenvalue weighted by Gasteiger charge is -2.21. The topological polar surface area (TPSA) is 96.2 Å². The van der Waals surface area contributed by atoms with Crippen LogP contribution in [-0.2, 0) is 14.3 Å². The number of aliphatic hydroxyl groups is 3. The summed E-state index contributed by atoms with van der Waals surface area (Å²) in [6, 6.07) is 0. The van der Waals surface area contributed by atoms with E-state index in [0.29, 0.717) is 6.29 Å². The fourth-order valence-electron chi connectivity index (χ4n) is 1.19. The molecule has 0 aromatic carbocycles. The summed E-state index contributed by atoms with van der Waals surface area (Å²) in [5.74, 6) is 0. The summed E-state index contributed by atoms with van der Waals surface area (Å²) in [4.78, 5) is 10.2. The van der Waals surface area contributed by atoms with Crippen LogP contribution in [0.4, 0.5) is 0 Å². The van der Waals surface area contributed by atoms with Crippen LogP contribution in [-0.4, -0.2) is 59.4 Å². The summed E-state index contributed by atoms with van der Waals surface area (Å²) >= 11 is 0. The normalized spacial score (nSPS) is 32.8. The molecule has 1 aliphatic rings. The fourth-order valence-corrected chi connectivity index (χ4v) is 1.19. The predicted octanol–water partition coefficient (Wildman–Crippen LogP) is -2.36. The lowest BCUT2D eigenvalue weighted by molar-refractivity contribution is -0.123. The van der Waals surface area contributed by atoms with Crippen molar-refractivity contribution in [2.75, 3.05) is 13.4 Å². The van der Waals surface area contributed by atoms with Gasteiger partial charge in [0.15, 0.2) is 6.29 Å². The smallest absolute Gasteiger partial charge is 0.151 e. The molecular formula is C7H12O6. The number of aliphatic hydroxyl groups excluding tert-OH is 3. The minimum atomic E-state index is -1.34. The third-order valence-corrected chi connectivity index (χ3v) is 1.89. The van der Waals surface area contributed by atoms with Crippen LogP contribution in [0.5, 0.6) is 0 Å². The number of hydrogen-bond donors (Lipinski definition) is 3. The molecule has 13 heavy (non-hydrogen) atoms. The number of carbonyl (C=O) groups excluding carboxylic acids is 1. The van der Waals surface area contributed by atoms with Gasteiger partial charge in [-0.25, -0.2) is 0 Å². The van der Waals surface area contributed by atoms with E-state index in [9.17, 15) is 9.90 Å². The second-order valence-corrected chi connectivity index (χ2v) is 2.76. The quantitative estimate of drug-likeness (QED) is 0.431. The third-order valence-electron chi connectivity index (χ3n) is 1.89. The highest BCUT2D eigenvalue weighted by Crippen LogP contribution is 2.18. The molecule has 0 amide bonds. The number of carbonyl (C=O) groups is 1. The van der Waals surface area contributed by atoms with Crippen molar-refractivity contribution in [3.63, 3.8) is 0 Å². The molecule has 6 nitrogen and oxygen atoms in total. The summed E-state index contributed by atoms with van der Waals surface area (Å²) in [5, 5.41) is 26.9. The Morgan fingerprint density at radius 2 is 2.00 bits per heavy atom. The summed E-state index contributed by atoms with van der Waals surface area (Å²) in [6.07, 6.45) is -3.95. The Balaban J connectivity index is 2.57. The van der Waals surface area contributed by atoms with Crippen molar-refractivity contribution in [1.29, 1.82) is 0 Å². The van der Waals surface area contributed by atoms with E-state index in [1.807, 2.05) is 0 Å². The summed E-state index contributed by atoms with van der Waals surface area (Å²) < 4.78 is 9.76. The van der Waals surface area contributed by atoms with Gasteiger partial charge in [-0.1, -0.05) is 0 Å². The highest BCUT2D eigenvalue weighted by Gasteiger charge is 2.39. The Hall–Kier alpha value is -0.530. The average molecular weight is 192 g/mol. The van der Waals surface area contributed by atoms with Gasteiger partial charge in [-0.15, -0.1) is 0 Å². The number of hydrogen-bond acceptors (Lipinski definition) is 6. The van der Waals surface area contributed by atoms with Crippen molar-refractivity contribution in [1.82, 2.24) is 0 Å². The van der Waals surface area contributed by atoms with Gasteiger partial charge in [0.25, 0.3) is 0 Å². The van der Waals surface area contributed by atoms with Gasteiger partial charge in [0.1, 0.15) is 31.2 Å². The molecule has 1 heterocycles. The zero-order chi connectivity index (χ0) is 9.84. The SMILES string of the molecule is O=CC(O)C1OCOC1C(O)CO. The first-order valence-electron chi connectivity index (χ1n) is 3.86. The van der Waals surface area contributed by atoms with Crippen molar-refractivity contribution >= 4 is 6.29 Å². The first-order valence-corrected chi connectivity index (χ1v) is 3.86. The molecule has 0 radical (unpaired) electrons. The largest absolute Gasteiger partial charge is 0.394 e. The molecule has 4 unspecified atom stereocenters.